The molecule has 9 heteroatoms. The number of hydrogen-bond acceptors (Lipinski definition) is 6. The van der Waals surface area contributed by atoms with Crippen LogP contribution in [0.1, 0.15) is 52.9 Å². The number of nitrogens with zero attached hydrogens (tertiary/aromatic N) is 3. The lowest BCUT2D eigenvalue weighted by molar-refractivity contribution is -0.115. The molecule has 0 unspecified atom stereocenters. The highest BCUT2D eigenvalue weighted by Gasteiger charge is 2.23. The fourth-order valence-electron chi connectivity index (χ4n) is 2.72. The van der Waals surface area contributed by atoms with Gasteiger partial charge in [-0.15, -0.1) is 13.2 Å². The average molecular weight is 524 g/mol. The van der Waals surface area contributed by atoms with Gasteiger partial charge in [0.25, 0.3) is 5.91 Å². The Morgan fingerprint density at radius 3 is 2.28 bits per heavy atom. The Bertz CT molecular complexity index is 816. The van der Waals surface area contributed by atoms with E-state index >= 15 is 0 Å². The Hall–Kier alpha value is -3.00. The standard InChI is InChI=1S/C17H24ClN5O.C4H6O.C3H5F.C3H8/c1-3-12(19)11-14(20-2)17(24)21-13-7-9-23(10-8-13)16-6-4-5-15(18)22-16;1-2-3-4-5;1-2-3-4;1-3-2/h3-6,13H,7-11,19H2,1-2H3,(H,21,24);2,4H,1,3H2;2H,1,3H2;3H2,1-2H3/b12-3+,20-14?;;;. The summed E-state index contributed by atoms with van der Waals surface area (Å²) in [6.45, 7) is 13.8. The van der Waals surface area contributed by atoms with Gasteiger partial charge >= 0.3 is 0 Å². The third-order valence-electron chi connectivity index (χ3n) is 4.50. The number of halogens is 2. The molecule has 1 aromatic heterocycles. The molecule has 1 aromatic rings. The number of alkyl halides is 1. The molecular weight excluding hydrogens is 481 g/mol. The lowest BCUT2D eigenvalue weighted by Crippen LogP contribution is -2.47. The molecule has 0 aliphatic carbocycles. The van der Waals surface area contributed by atoms with Crippen molar-refractivity contribution in [3.8, 4) is 0 Å². The first-order valence-electron chi connectivity index (χ1n) is 12.0. The number of aromatic nitrogens is 1. The van der Waals surface area contributed by atoms with Crippen molar-refractivity contribution in [2.75, 3.05) is 31.7 Å². The molecule has 202 valence electrons. The third-order valence-corrected chi connectivity index (χ3v) is 4.71. The molecule has 7 nitrogen and oxygen atoms in total. The van der Waals surface area contributed by atoms with Gasteiger partial charge in [-0.2, -0.15) is 0 Å². The second-order valence-corrected chi connectivity index (χ2v) is 7.99. The van der Waals surface area contributed by atoms with Crippen molar-refractivity contribution in [2.24, 2.45) is 10.7 Å². The molecule has 1 amide bonds. The summed E-state index contributed by atoms with van der Waals surface area (Å²) in [4.78, 5) is 32.2. The van der Waals surface area contributed by atoms with Gasteiger partial charge in [0.05, 0.1) is 0 Å². The first-order chi connectivity index (χ1) is 17.3. The number of aldehydes is 1. The van der Waals surface area contributed by atoms with Crippen LogP contribution in [0.3, 0.4) is 0 Å². The van der Waals surface area contributed by atoms with Crippen molar-refractivity contribution in [1.82, 2.24) is 10.3 Å². The summed E-state index contributed by atoms with van der Waals surface area (Å²) in [5, 5.41) is 3.55. The van der Waals surface area contributed by atoms with E-state index in [1.165, 1.54) is 12.5 Å². The van der Waals surface area contributed by atoms with E-state index in [9.17, 15) is 14.0 Å². The van der Waals surface area contributed by atoms with Gasteiger partial charge in [-0.1, -0.05) is 56.2 Å². The summed E-state index contributed by atoms with van der Waals surface area (Å²) in [6.07, 6.45) is 9.19. The van der Waals surface area contributed by atoms with Gasteiger partial charge in [0.15, 0.2) is 0 Å². The summed E-state index contributed by atoms with van der Waals surface area (Å²) in [7, 11) is 1.62. The molecule has 2 rings (SSSR count). The van der Waals surface area contributed by atoms with Crippen LogP contribution in [0.25, 0.3) is 0 Å². The Morgan fingerprint density at radius 2 is 1.89 bits per heavy atom. The summed E-state index contributed by atoms with van der Waals surface area (Å²) in [5.41, 5.74) is 6.90. The highest BCUT2D eigenvalue weighted by Crippen LogP contribution is 2.19. The lowest BCUT2D eigenvalue weighted by Gasteiger charge is -2.33. The average Bonchev–Trinajstić information content (AvgIpc) is 2.89. The minimum Gasteiger partial charge on any atom is -0.402 e. The van der Waals surface area contributed by atoms with Gasteiger partial charge in [0.1, 0.15) is 29.6 Å². The van der Waals surface area contributed by atoms with E-state index in [1.807, 2.05) is 19.1 Å². The van der Waals surface area contributed by atoms with Gasteiger partial charge in [-0.25, -0.2) is 9.37 Å². The van der Waals surface area contributed by atoms with Crippen LogP contribution in [0.4, 0.5) is 10.2 Å². The Kier molecular flexibility index (Phi) is 23.2. The molecule has 1 aliphatic rings. The number of carbonyl (C=O) groups is 2. The Balaban J connectivity index is 0. The molecule has 0 bridgehead atoms. The second kappa shape index (κ2) is 23.7. The first-order valence-corrected chi connectivity index (χ1v) is 12.4. The molecule has 36 heavy (non-hydrogen) atoms. The number of anilines is 1. The second-order valence-electron chi connectivity index (χ2n) is 7.61. The maximum absolute atomic E-state index is 12.3. The number of aliphatic imine (C=N–C) groups is 1. The minimum atomic E-state index is -0.417. The van der Waals surface area contributed by atoms with Crippen molar-refractivity contribution in [3.05, 3.63) is 60.4 Å². The SMILES string of the molecule is C/C=C(/N)CC(=NC)C(=O)NC1CCN(c2cccc(Cl)n2)CC1.C=CCC=O.C=CCF.CCC. The molecule has 0 atom stereocenters. The smallest absolute Gasteiger partial charge is 0.265 e. The summed E-state index contributed by atoms with van der Waals surface area (Å²) in [5.74, 6) is 0.741. The quantitative estimate of drug-likeness (QED) is 0.204. The van der Waals surface area contributed by atoms with Crippen LogP contribution in [0.2, 0.25) is 5.15 Å². The van der Waals surface area contributed by atoms with E-state index in [0.717, 1.165) is 38.0 Å². The highest BCUT2D eigenvalue weighted by molar-refractivity contribution is 6.39. The van der Waals surface area contributed by atoms with Crippen LogP contribution >= 0.6 is 11.6 Å². The van der Waals surface area contributed by atoms with Crippen molar-refractivity contribution in [3.63, 3.8) is 0 Å². The van der Waals surface area contributed by atoms with E-state index in [0.29, 0.717) is 29.4 Å². The van der Waals surface area contributed by atoms with Crippen molar-refractivity contribution in [2.45, 2.75) is 58.9 Å². The number of pyridine rings is 1. The van der Waals surface area contributed by atoms with Crippen LogP contribution in [0, 0.1) is 0 Å². The topological polar surface area (TPSA) is 101 Å². The summed E-state index contributed by atoms with van der Waals surface area (Å²) in [6, 6.07) is 5.75. The van der Waals surface area contributed by atoms with E-state index in [2.05, 4.69) is 47.2 Å². The number of rotatable bonds is 8. The molecule has 3 N–H and O–H groups in total. The van der Waals surface area contributed by atoms with Gasteiger partial charge in [-0.05, 0) is 31.9 Å². The van der Waals surface area contributed by atoms with Crippen molar-refractivity contribution >= 4 is 35.3 Å². The molecule has 0 saturated carbocycles. The van der Waals surface area contributed by atoms with Crippen LogP contribution in [0.5, 0.6) is 0 Å². The number of nitrogens with one attached hydrogen (secondary N) is 1. The zero-order chi connectivity index (χ0) is 27.8. The third kappa shape index (κ3) is 17.4. The zero-order valence-corrected chi connectivity index (χ0v) is 22.9. The predicted octanol–water partition coefficient (Wildman–Crippen LogP) is 5.46. The van der Waals surface area contributed by atoms with E-state index < -0.39 is 6.67 Å². The predicted molar refractivity (Wildman–Crippen MR) is 152 cm³/mol. The van der Waals surface area contributed by atoms with Crippen LogP contribution in [0.15, 0.2) is 60.3 Å². The number of nitrogens with two attached hydrogens (primary N) is 1. The van der Waals surface area contributed by atoms with E-state index in [1.54, 1.807) is 25.3 Å². The zero-order valence-electron chi connectivity index (χ0n) is 22.2. The first kappa shape index (κ1) is 35.2. The number of hydrogen-bond donors (Lipinski definition) is 2. The molecule has 0 spiro atoms. The fraction of sp³-hybridized carbons (Fsp3) is 0.481. The maximum atomic E-state index is 12.3. The normalized spacial score (nSPS) is 13.4. The van der Waals surface area contributed by atoms with E-state index in [4.69, 9.17) is 17.3 Å². The summed E-state index contributed by atoms with van der Waals surface area (Å²) < 4.78 is 10.6. The molecular formula is C27H43ClFN5O2. The van der Waals surface area contributed by atoms with Gasteiger partial charge in [0, 0.05) is 44.7 Å². The van der Waals surface area contributed by atoms with Crippen molar-refractivity contribution < 1.29 is 14.0 Å². The summed E-state index contributed by atoms with van der Waals surface area (Å²) >= 11 is 5.94. The minimum absolute atomic E-state index is 0.136. The molecule has 0 aromatic carbocycles. The monoisotopic (exact) mass is 523 g/mol. The van der Waals surface area contributed by atoms with Crippen LogP contribution < -0.4 is 16.0 Å². The van der Waals surface area contributed by atoms with Gasteiger partial charge < -0.3 is 20.7 Å². The van der Waals surface area contributed by atoms with Gasteiger partial charge in [-0.3, -0.25) is 9.79 Å². The molecule has 0 radical (unpaired) electrons. The van der Waals surface area contributed by atoms with Crippen molar-refractivity contribution in [1.29, 1.82) is 0 Å². The number of allylic oxidation sites excluding steroid dienone is 4. The fourth-order valence-corrected chi connectivity index (χ4v) is 2.88. The van der Waals surface area contributed by atoms with E-state index in [-0.39, 0.29) is 11.9 Å². The number of carbonyl (C=O) groups excluding carboxylic acids is 2. The molecule has 2 heterocycles. The molecule has 1 saturated heterocycles. The Morgan fingerprint density at radius 1 is 1.31 bits per heavy atom. The molecule has 1 fully saturated rings. The highest BCUT2D eigenvalue weighted by atomic mass is 35.5. The van der Waals surface area contributed by atoms with Gasteiger partial charge in [0.2, 0.25) is 0 Å². The number of piperidine rings is 1. The molecule has 1 aliphatic heterocycles. The largest absolute Gasteiger partial charge is 0.402 e. The number of amides is 1. The maximum Gasteiger partial charge on any atom is 0.265 e. The Labute approximate surface area is 221 Å². The van der Waals surface area contributed by atoms with Crippen LogP contribution in [-0.4, -0.2) is 55.7 Å². The lowest BCUT2D eigenvalue weighted by atomic mass is 10.0. The van der Waals surface area contributed by atoms with Crippen LogP contribution in [-0.2, 0) is 9.59 Å².